The van der Waals surface area contributed by atoms with Crippen LogP contribution in [0, 0.1) is 0 Å². The minimum atomic E-state index is -0.848. The number of benzene rings is 2. The van der Waals surface area contributed by atoms with Crippen molar-refractivity contribution in [2.75, 3.05) is 0 Å². The van der Waals surface area contributed by atoms with Gasteiger partial charge in [0.2, 0.25) is 0 Å². The van der Waals surface area contributed by atoms with Gasteiger partial charge in [0.05, 0.1) is 17.6 Å². The fourth-order valence-electron chi connectivity index (χ4n) is 3.91. The molecule has 8 nitrogen and oxygen atoms in total. The number of carbonyl (C=O) groups is 2. The summed E-state index contributed by atoms with van der Waals surface area (Å²) in [7, 11) is 0. The molecule has 1 aromatic heterocycles. The van der Waals surface area contributed by atoms with Crippen molar-refractivity contribution in [1.29, 1.82) is 0 Å². The lowest BCUT2D eigenvalue weighted by Gasteiger charge is -2.23. The van der Waals surface area contributed by atoms with Crippen LogP contribution in [0.3, 0.4) is 0 Å². The van der Waals surface area contributed by atoms with Crippen LogP contribution >= 0.6 is 0 Å². The lowest BCUT2D eigenvalue weighted by atomic mass is 10.1. The summed E-state index contributed by atoms with van der Waals surface area (Å²) in [6, 6.07) is 16.7. The van der Waals surface area contributed by atoms with Crippen LogP contribution in [0.4, 0.5) is 4.79 Å². The number of imidazole rings is 1. The molecule has 2 aromatic carbocycles. The van der Waals surface area contributed by atoms with Gasteiger partial charge in [-0.25, -0.2) is 15.3 Å². The lowest BCUT2D eigenvalue weighted by molar-refractivity contribution is -0.137. The Morgan fingerprint density at radius 3 is 2.47 bits per heavy atom. The molecule has 2 N–H and O–H groups in total. The second kappa shape index (κ2) is 13.1. The van der Waals surface area contributed by atoms with Gasteiger partial charge < -0.3 is 14.6 Å². The van der Waals surface area contributed by atoms with Gasteiger partial charge in [-0.3, -0.25) is 9.63 Å². The van der Waals surface area contributed by atoms with Crippen molar-refractivity contribution >= 4 is 23.0 Å². The molecule has 0 radical (unpaired) electrons. The fraction of sp³-hybridized carbons (Fsp3) is 0.464. The summed E-state index contributed by atoms with van der Waals surface area (Å²) in [5, 5.41) is 2.71. The summed E-state index contributed by atoms with van der Waals surface area (Å²) < 4.78 is 7.61. The van der Waals surface area contributed by atoms with Crippen LogP contribution in [-0.4, -0.2) is 33.2 Å². The molecule has 0 saturated carbocycles. The number of rotatable bonds is 12. The molecule has 194 valence electrons. The maximum absolute atomic E-state index is 13.0. The summed E-state index contributed by atoms with van der Waals surface area (Å²) in [6.45, 7) is 8.60. The van der Waals surface area contributed by atoms with Crippen LogP contribution < -0.4 is 10.8 Å². The molecule has 2 amide bonds. The summed E-state index contributed by atoms with van der Waals surface area (Å²) >= 11 is 0. The minimum absolute atomic E-state index is 0.221. The lowest BCUT2D eigenvalue weighted by Crippen LogP contribution is -2.48. The van der Waals surface area contributed by atoms with Crippen LogP contribution in [0.1, 0.15) is 64.8 Å². The molecule has 0 aliphatic carbocycles. The number of unbranched alkanes of at least 4 members (excludes halogenated alkanes) is 2. The van der Waals surface area contributed by atoms with Crippen LogP contribution in [0.15, 0.2) is 54.6 Å². The van der Waals surface area contributed by atoms with E-state index in [4.69, 9.17) is 14.6 Å². The zero-order chi connectivity index (χ0) is 26.0. The van der Waals surface area contributed by atoms with E-state index in [-0.39, 0.29) is 6.61 Å². The van der Waals surface area contributed by atoms with Crippen molar-refractivity contribution in [1.82, 2.24) is 20.3 Å². The van der Waals surface area contributed by atoms with Gasteiger partial charge in [0, 0.05) is 13.0 Å². The van der Waals surface area contributed by atoms with Crippen molar-refractivity contribution < 1.29 is 19.2 Å². The number of aromatic nitrogens is 2. The highest BCUT2D eigenvalue weighted by atomic mass is 16.7. The molecule has 0 saturated heterocycles. The molecule has 0 unspecified atom stereocenters. The van der Waals surface area contributed by atoms with E-state index >= 15 is 0 Å². The largest absolute Gasteiger partial charge is 0.444 e. The van der Waals surface area contributed by atoms with Crippen LogP contribution in [0.25, 0.3) is 11.0 Å². The number of fused-ring (bicyclic) bond motifs is 1. The zero-order valence-electron chi connectivity index (χ0n) is 21.8. The van der Waals surface area contributed by atoms with E-state index < -0.39 is 23.6 Å². The summed E-state index contributed by atoms with van der Waals surface area (Å²) in [5.41, 5.74) is 4.74. The van der Waals surface area contributed by atoms with Crippen LogP contribution in [-0.2, 0) is 33.9 Å². The van der Waals surface area contributed by atoms with Gasteiger partial charge in [0.15, 0.2) is 0 Å². The SMILES string of the molecule is CCCCCn1c(CC[C@H](NC(=O)OC(C)(C)C)C(=O)NOCc2ccccc2)nc2ccccc21. The van der Waals surface area contributed by atoms with Gasteiger partial charge in [0.1, 0.15) is 17.5 Å². The Morgan fingerprint density at radius 2 is 1.75 bits per heavy atom. The molecule has 3 aromatic rings. The number of hydrogen-bond donors (Lipinski definition) is 2. The number of para-hydroxylation sites is 2. The number of carbonyl (C=O) groups excluding carboxylic acids is 2. The number of ether oxygens (including phenoxy) is 1. The van der Waals surface area contributed by atoms with Gasteiger partial charge >= 0.3 is 6.09 Å². The first-order chi connectivity index (χ1) is 17.3. The quantitative estimate of drug-likeness (QED) is 0.263. The topological polar surface area (TPSA) is 94.5 Å². The maximum Gasteiger partial charge on any atom is 0.408 e. The van der Waals surface area contributed by atoms with Crippen molar-refractivity contribution in [2.45, 2.75) is 84.6 Å². The summed E-state index contributed by atoms with van der Waals surface area (Å²) in [5.74, 6) is 0.451. The molecule has 36 heavy (non-hydrogen) atoms. The Hall–Kier alpha value is -3.39. The van der Waals surface area contributed by atoms with Crippen LogP contribution in [0.2, 0.25) is 0 Å². The third-order valence-corrected chi connectivity index (χ3v) is 5.64. The van der Waals surface area contributed by atoms with Crippen molar-refractivity contribution in [3.63, 3.8) is 0 Å². The van der Waals surface area contributed by atoms with Gasteiger partial charge in [-0.1, -0.05) is 62.2 Å². The van der Waals surface area contributed by atoms with Crippen molar-refractivity contribution in [3.05, 3.63) is 66.0 Å². The average Bonchev–Trinajstić information content (AvgIpc) is 3.19. The monoisotopic (exact) mass is 494 g/mol. The molecule has 0 fully saturated rings. The minimum Gasteiger partial charge on any atom is -0.444 e. The first-order valence-electron chi connectivity index (χ1n) is 12.7. The highest BCUT2D eigenvalue weighted by Crippen LogP contribution is 2.19. The summed E-state index contributed by atoms with van der Waals surface area (Å²) in [6.07, 6.45) is 3.52. The van der Waals surface area contributed by atoms with E-state index in [1.54, 1.807) is 20.8 Å². The smallest absolute Gasteiger partial charge is 0.408 e. The highest BCUT2D eigenvalue weighted by Gasteiger charge is 2.25. The average molecular weight is 495 g/mol. The number of nitrogens with zero attached hydrogens (tertiary/aromatic N) is 2. The molecule has 0 bridgehead atoms. The number of amides is 2. The summed E-state index contributed by atoms with van der Waals surface area (Å²) in [4.78, 5) is 35.7. The Labute approximate surface area is 213 Å². The highest BCUT2D eigenvalue weighted by molar-refractivity contribution is 5.85. The van der Waals surface area contributed by atoms with E-state index in [2.05, 4.69) is 28.4 Å². The van der Waals surface area contributed by atoms with Crippen LogP contribution in [0.5, 0.6) is 0 Å². The number of nitrogens with one attached hydrogen (secondary N) is 2. The van der Waals surface area contributed by atoms with Gasteiger partial charge in [-0.15, -0.1) is 0 Å². The molecule has 1 atom stereocenters. The van der Waals surface area contributed by atoms with Gasteiger partial charge in [0.25, 0.3) is 5.91 Å². The Kier molecular flexibility index (Phi) is 9.87. The number of alkyl carbamates (subject to hydrolysis) is 1. The Morgan fingerprint density at radius 1 is 1.03 bits per heavy atom. The normalized spacial score (nSPS) is 12.3. The maximum atomic E-state index is 13.0. The fourth-order valence-corrected chi connectivity index (χ4v) is 3.91. The third kappa shape index (κ3) is 8.37. The molecular weight excluding hydrogens is 456 g/mol. The second-order valence-corrected chi connectivity index (χ2v) is 9.85. The Balaban J connectivity index is 1.71. The first kappa shape index (κ1) is 27.2. The number of hydrogen-bond acceptors (Lipinski definition) is 5. The standard InChI is InChI=1S/C28H38N4O4/c1-5-6-12-19-32-24-16-11-10-15-22(24)29-25(32)18-17-23(30-27(34)36-28(2,3)4)26(33)31-35-20-21-13-8-7-9-14-21/h7-11,13-16,23H,5-6,12,17-20H2,1-4H3,(H,30,34)(H,31,33)/t23-/m0/s1. The van der Waals surface area contributed by atoms with Gasteiger partial charge in [-0.2, -0.15) is 0 Å². The zero-order valence-corrected chi connectivity index (χ0v) is 21.8. The first-order valence-corrected chi connectivity index (χ1v) is 12.7. The molecule has 0 spiro atoms. The molecule has 0 aliphatic rings. The second-order valence-electron chi connectivity index (χ2n) is 9.85. The third-order valence-electron chi connectivity index (χ3n) is 5.64. The molecule has 8 heteroatoms. The predicted molar refractivity (Wildman–Crippen MR) is 140 cm³/mol. The number of aryl methyl sites for hydroxylation is 2. The Bertz CT molecular complexity index is 1120. The molecule has 3 rings (SSSR count). The number of hydroxylamine groups is 1. The van der Waals surface area contributed by atoms with Gasteiger partial charge in [-0.05, 0) is 51.3 Å². The van der Waals surface area contributed by atoms with E-state index in [1.165, 1.54) is 0 Å². The predicted octanol–water partition coefficient (Wildman–Crippen LogP) is 5.30. The van der Waals surface area contributed by atoms with E-state index in [9.17, 15) is 9.59 Å². The van der Waals surface area contributed by atoms with E-state index in [0.29, 0.717) is 12.8 Å². The van der Waals surface area contributed by atoms with E-state index in [0.717, 1.165) is 48.2 Å². The molecular formula is C28H38N4O4. The molecule has 0 aliphatic heterocycles. The van der Waals surface area contributed by atoms with E-state index in [1.807, 2.05) is 48.5 Å². The van der Waals surface area contributed by atoms with Crippen molar-refractivity contribution in [2.24, 2.45) is 0 Å². The molecule has 1 heterocycles. The van der Waals surface area contributed by atoms with Crippen molar-refractivity contribution in [3.8, 4) is 0 Å².